The van der Waals surface area contributed by atoms with Crippen molar-refractivity contribution in [3.05, 3.63) is 34.9 Å². The lowest BCUT2D eigenvalue weighted by Gasteiger charge is -2.14. The Kier molecular flexibility index (Phi) is 2.29. The van der Waals surface area contributed by atoms with Crippen LogP contribution in [-0.2, 0) is 10.2 Å². The first-order valence-corrected chi connectivity index (χ1v) is 5.32. The number of hydrogen-bond acceptors (Lipinski definition) is 1. The van der Waals surface area contributed by atoms with Crippen molar-refractivity contribution >= 4 is 5.97 Å². The second kappa shape index (κ2) is 3.37. The Bertz CT molecular complexity index is 383. The zero-order chi connectivity index (χ0) is 11.1. The average molecular weight is 204 g/mol. The summed E-state index contributed by atoms with van der Waals surface area (Å²) < 4.78 is 0. The highest BCUT2D eigenvalue weighted by atomic mass is 16.4. The molecule has 2 nitrogen and oxygen atoms in total. The van der Waals surface area contributed by atoms with Gasteiger partial charge in [0.1, 0.15) is 0 Å². The Morgan fingerprint density at radius 3 is 2.20 bits per heavy atom. The summed E-state index contributed by atoms with van der Waals surface area (Å²) in [6.45, 7) is 4.13. The second-order valence-electron chi connectivity index (χ2n) is 4.73. The van der Waals surface area contributed by atoms with Crippen LogP contribution in [0.4, 0.5) is 0 Å². The lowest BCUT2D eigenvalue weighted by molar-refractivity contribution is -0.137. The summed E-state index contributed by atoms with van der Waals surface area (Å²) in [7, 11) is 0. The van der Waals surface area contributed by atoms with Gasteiger partial charge in [0.15, 0.2) is 0 Å². The van der Waals surface area contributed by atoms with Crippen LogP contribution in [0.2, 0.25) is 0 Å². The van der Waals surface area contributed by atoms with E-state index in [1.165, 1.54) is 16.7 Å². The van der Waals surface area contributed by atoms with E-state index in [2.05, 4.69) is 32.0 Å². The molecule has 1 N–H and O–H groups in total. The van der Waals surface area contributed by atoms with E-state index in [4.69, 9.17) is 5.11 Å². The molecule has 0 amide bonds. The number of carboxylic acids is 1. The molecule has 0 unspecified atom stereocenters. The van der Waals surface area contributed by atoms with E-state index < -0.39 is 5.97 Å². The molecule has 1 aromatic rings. The van der Waals surface area contributed by atoms with Crippen molar-refractivity contribution in [1.82, 2.24) is 0 Å². The molecule has 0 bridgehead atoms. The second-order valence-corrected chi connectivity index (χ2v) is 4.73. The predicted molar refractivity (Wildman–Crippen MR) is 59.1 cm³/mol. The van der Waals surface area contributed by atoms with Gasteiger partial charge in [-0.3, -0.25) is 4.79 Å². The number of carbonyl (C=O) groups is 1. The minimum absolute atomic E-state index is 0.0530. The minimum Gasteiger partial charge on any atom is -0.481 e. The first-order chi connectivity index (χ1) is 7.02. The Morgan fingerprint density at radius 2 is 1.80 bits per heavy atom. The molecule has 1 aromatic carbocycles. The zero-order valence-corrected chi connectivity index (χ0v) is 9.21. The number of rotatable bonds is 3. The highest BCUT2D eigenvalue weighted by molar-refractivity contribution is 5.70. The summed E-state index contributed by atoms with van der Waals surface area (Å²) in [6.07, 6.45) is 2.31. The molecule has 0 saturated heterocycles. The summed E-state index contributed by atoms with van der Waals surface area (Å²) in [5, 5.41) is 8.89. The average Bonchev–Trinajstić information content (AvgIpc) is 2.82. The van der Waals surface area contributed by atoms with Gasteiger partial charge >= 0.3 is 5.97 Å². The van der Waals surface area contributed by atoms with E-state index in [9.17, 15) is 4.79 Å². The van der Waals surface area contributed by atoms with E-state index in [1.807, 2.05) is 0 Å². The van der Waals surface area contributed by atoms with Crippen molar-refractivity contribution in [3.8, 4) is 0 Å². The molecule has 1 saturated carbocycles. The highest BCUT2D eigenvalue weighted by Crippen LogP contribution is 2.51. The van der Waals surface area contributed by atoms with Crippen LogP contribution in [0.15, 0.2) is 18.2 Å². The summed E-state index contributed by atoms with van der Waals surface area (Å²) >= 11 is 0. The van der Waals surface area contributed by atoms with E-state index >= 15 is 0 Å². The number of benzene rings is 1. The van der Waals surface area contributed by atoms with Crippen molar-refractivity contribution in [1.29, 1.82) is 0 Å². The molecular formula is C13H16O2. The fraction of sp³-hybridized carbons (Fsp3) is 0.462. The molecule has 2 rings (SSSR count). The van der Waals surface area contributed by atoms with Crippen molar-refractivity contribution < 1.29 is 9.90 Å². The zero-order valence-electron chi connectivity index (χ0n) is 9.21. The first-order valence-electron chi connectivity index (χ1n) is 5.32. The molecule has 15 heavy (non-hydrogen) atoms. The van der Waals surface area contributed by atoms with Crippen LogP contribution in [0, 0.1) is 13.8 Å². The van der Waals surface area contributed by atoms with E-state index in [0.29, 0.717) is 0 Å². The van der Waals surface area contributed by atoms with E-state index in [-0.39, 0.29) is 11.8 Å². The Balaban J connectivity index is 2.32. The fourth-order valence-corrected chi connectivity index (χ4v) is 2.29. The third-order valence-electron chi connectivity index (χ3n) is 3.18. The van der Waals surface area contributed by atoms with Gasteiger partial charge in [-0.2, -0.15) is 0 Å². The van der Waals surface area contributed by atoms with Crippen LogP contribution in [-0.4, -0.2) is 11.1 Å². The van der Waals surface area contributed by atoms with Crippen LogP contribution < -0.4 is 0 Å². The molecule has 0 spiro atoms. The van der Waals surface area contributed by atoms with Gasteiger partial charge in [-0.1, -0.05) is 29.3 Å². The summed E-state index contributed by atoms with van der Waals surface area (Å²) in [4.78, 5) is 10.8. The van der Waals surface area contributed by atoms with Gasteiger partial charge in [-0.05, 0) is 32.3 Å². The topological polar surface area (TPSA) is 37.3 Å². The third-order valence-corrected chi connectivity index (χ3v) is 3.18. The quantitative estimate of drug-likeness (QED) is 0.822. The lowest BCUT2D eigenvalue weighted by atomic mass is 9.90. The number of aryl methyl sites for hydroxylation is 2. The lowest BCUT2D eigenvalue weighted by Crippen LogP contribution is -2.13. The largest absolute Gasteiger partial charge is 0.481 e. The SMILES string of the molecule is Cc1cc(C)cc(C2(CC(=O)O)CC2)c1. The molecule has 80 valence electrons. The van der Waals surface area contributed by atoms with Gasteiger partial charge in [-0.25, -0.2) is 0 Å². The molecule has 1 aliphatic rings. The maximum atomic E-state index is 10.8. The monoisotopic (exact) mass is 204 g/mol. The standard InChI is InChI=1S/C13H16O2/c1-9-5-10(2)7-11(6-9)13(3-4-13)8-12(14)15/h5-7H,3-4,8H2,1-2H3,(H,14,15). The molecule has 0 atom stereocenters. The predicted octanol–water partition coefficient (Wildman–Crippen LogP) is 2.81. The molecule has 0 heterocycles. The smallest absolute Gasteiger partial charge is 0.304 e. The molecule has 0 aliphatic heterocycles. The maximum absolute atomic E-state index is 10.8. The van der Waals surface area contributed by atoms with Crippen molar-refractivity contribution in [2.24, 2.45) is 0 Å². The Hall–Kier alpha value is -1.31. The summed E-state index contributed by atoms with van der Waals surface area (Å²) in [5.41, 5.74) is 3.61. The van der Waals surface area contributed by atoms with Crippen LogP contribution in [0.3, 0.4) is 0 Å². The van der Waals surface area contributed by atoms with Crippen LogP contribution >= 0.6 is 0 Å². The van der Waals surface area contributed by atoms with E-state index in [0.717, 1.165) is 12.8 Å². The normalized spacial score (nSPS) is 17.5. The van der Waals surface area contributed by atoms with Crippen LogP contribution in [0.25, 0.3) is 0 Å². The fourth-order valence-electron chi connectivity index (χ4n) is 2.29. The molecule has 0 aromatic heterocycles. The van der Waals surface area contributed by atoms with Crippen LogP contribution in [0.5, 0.6) is 0 Å². The van der Waals surface area contributed by atoms with Crippen molar-refractivity contribution in [2.45, 2.75) is 38.5 Å². The Labute approximate surface area is 89.9 Å². The van der Waals surface area contributed by atoms with Crippen LogP contribution in [0.1, 0.15) is 36.0 Å². The summed E-state index contributed by atoms with van der Waals surface area (Å²) in [6, 6.07) is 6.38. The molecule has 1 fully saturated rings. The molecule has 1 aliphatic carbocycles. The molecular weight excluding hydrogens is 188 g/mol. The van der Waals surface area contributed by atoms with Gasteiger partial charge in [0, 0.05) is 5.41 Å². The maximum Gasteiger partial charge on any atom is 0.304 e. The minimum atomic E-state index is -0.688. The first kappa shape index (κ1) is 10.2. The van der Waals surface area contributed by atoms with Gasteiger partial charge in [0.05, 0.1) is 6.42 Å². The number of carboxylic acid groups (broad SMARTS) is 1. The van der Waals surface area contributed by atoms with Gasteiger partial charge in [-0.15, -0.1) is 0 Å². The highest BCUT2D eigenvalue weighted by Gasteiger charge is 2.45. The van der Waals surface area contributed by atoms with Crippen molar-refractivity contribution in [2.75, 3.05) is 0 Å². The number of aliphatic carboxylic acids is 1. The third kappa shape index (κ3) is 2.04. The molecule has 2 heteroatoms. The van der Waals surface area contributed by atoms with Gasteiger partial charge < -0.3 is 5.11 Å². The van der Waals surface area contributed by atoms with Gasteiger partial charge in [0.2, 0.25) is 0 Å². The van der Waals surface area contributed by atoms with Gasteiger partial charge in [0.25, 0.3) is 0 Å². The number of hydrogen-bond donors (Lipinski definition) is 1. The van der Waals surface area contributed by atoms with Crippen molar-refractivity contribution in [3.63, 3.8) is 0 Å². The molecule has 0 radical (unpaired) electrons. The van der Waals surface area contributed by atoms with E-state index in [1.54, 1.807) is 0 Å². The Morgan fingerprint density at radius 1 is 1.27 bits per heavy atom. The summed E-state index contributed by atoms with van der Waals surface area (Å²) in [5.74, 6) is -0.688.